The lowest BCUT2D eigenvalue weighted by atomic mass is 10.2. The molecule has 0 unspecified atom stereocenters. The third-order valence-corrected chi connectivity index (χ3v) is 3.92. The maximum absolute atomic E-state index is 12.3. The highest BCUT2D eigenvalue weighted by atomic mass is 35.5. The van der Waals surface area contributed by atoms with E-state index in [4.69, 9.17) is 23.2 Å². The second kappa shape index (κ2) is 6.51. The van der Waals surface area contributed by atoms with E-state index < -0.39 is 5.91 Å². The van der Waals surface area contributed by atoms with Crippen LogP contribution in [0.3, 0.4) is 0 Å². The fourth-order valence-corrected chi connectivity index (χ4v) is 2.34. The van der Waals surface area contributed by atoms with Gasteiger partial charge in [0.25, 0.3) is 5.91 Å². The van der Waals surface area contributed by atoms with Gasteiger partial charge in [0, 0.05) is 16.8 Å². The van der Waals surface area contributed by atoms with Crippen LogP contribution in [0.25, 0.3) is 5.69 Å². The number of halogens is 2. The Balaban J connectivity index is 1.83. The minimum atomic E-state index is -0.412. The van der Waals surface area contributed by atoms with Crippen molar-refractivity contribution in [2.75, 3.05) is 5.32 Å². The zero-order chi connectivity index (χ0) is 17.3. The van der Waals surface area contributed by atoms with Crippen LogP contribution >= 0.6 is 23.2 Å². The van der Waals surface area contributed by atoms with Crippen LogP contribution in [-0.4, -0.2) is 26.0 Å². The van der Waals surface area contributed by atoms with E-state index in [2.05, 4.69) is 15.6 Å². The van der Waals surface area contributed by atoms with Gasteiger partial charge in [0.2, 0.25) is 0 Å². The number of nitrogens with zero attached hydrogens (tertiary/aromatic N) is 3. The lowest BCUT2D eigenvalue weighted by Crippen LogP contribution is -2.13. The van der Waals surface area contributed by atoms with Crippen molar-refractivity contribution in [3.8, 4) is 11.4 Å². The summed E-state index contributed by atoms with van der Waals surface area (Å²) in [4.78, 5) is 12.3. The largest absolute Gasteiger partial charge is 0.506 e. The topological polar surface area (TPSA) is 80.0 Å². The Kier molecular flexibility index (Phi) is 4.42. The van der Waals surface area contributed by atoms with Gasteiger partial charge in [-0.15, -0.1) is 5.10 Å². The van der Waals surface area contributed by atoms with E-state index in [1.165, 1.54) is 23.0 Å². The first-order chi connectivity index (χ1) is 11.4. The smallest absolute Gasteiger partial charge is 0.277 e. The van der Waals surface area contributed by atoms with Crippen molar-refractivity contribution < 1.29 is 9.90 Å². The molecule has 0 atom stereocenters. The molecule has 8 heteroatoms. The maximum Gasteiger partial charge on any atom is 0.277 e. The Morgan fingerprint density at radius 1 is 1.21 bits per heavy atom. The van der Waals surface area contributed by atoms with Crippen LogP contribution < -0.4 is 5.32 Å². The second-order valence-corrected chi connectivity index (χ2v) is 5.94. The summed E-state index contributed by atoms with van der Waals surface area (Å²) in [6.45, 7) is 1.86. The molecule has 6 nitrogen and oxygen atoms in total. The summed E-state index contributed by atoms with van der Waals surface area (Å²) in [7, 11) is 0. The zero-order valence-electron chi connectivity index (χ0n) is 12.5. The van der Waals surface area contributed by atoms with E-state index in [-0.39, 0.29) is 16.5 Å². The van der Waals surface area contributed by atoms with Gasteiger partial charge in [0.15, 0.2) is 5.69 Å². The number of amides is 1. The fraction of sp³-hybridized carbons (Fsp3) is 0.0625. The molecule has 0 aliphatic carbocycles. The highest BCUT2D eigenvalue weighted by Crippen LogP contribution is 2.25. The first kappa shape index (κ1) is 16.3. The molecule has 3 aromatic rings. The van der Waals surface area contributed by atoms with Crippen molar-refractivity contribution in [3.05, 3.63) is 63.9 Å². The average molecular weight is 363 g/mol. The number of aromatic nitrogens is 3. The van der Waals surface area contributed by atoms with E-state index in [0.29, 0.717) is 16.4 Å². The van der Waals surface area contributed by atoms with Crippen LogP contribution in [0.1, 0.15) is 16.1 Å². The summed E-state index contributed by atoms with van der Waals surface area (Å²) in [5, 5.41) is 20.9. The van der Waals surface area contributed by atoms with Gasteiger partial charge in [-0.3, -0.25) is 4.79 Å². The number of hydrogen-bond acceptors (Lipinski definition) is 4. The van der Waals surface area contributed by atoms with Crippen LogP contribution in [0.15, 0.2) is 42.6 Å². The van der Waals surface area contributed by atoms with Crippen molar-refractivity contribution in [2.45, 2.75) is 6.92 Å². The third kappa shape index (κ3) is 3.34. The van der Waals surface area contributed by atoms with Crippen molar-refractivity contribution >= 4 is 34.8 Å². The zero-order valence-corrected chi connectivity index (χ0v) is 14.0. The lowest BCUT2D eigenvalue weighted by molar-refractivity contribution is 0.102. The van der Waals surface area contributed by atoms with Gasteiger partial charge in [0.05, 0.1) is 16.9 Å². The molecule has 0 aliphatic heterocycles. The number of benzene rings is 2. The summed E-state index contributed by atoms with van der Waals surface area (Å²) in [5.41, 5.74) is 2.14. The van der Waals surface area contributed by atoms with Gasteiger partial charge in [0.1, 0.15) is 5.75 Å². The Labute approximate surface area is 147 Å². The van der Waals surface area contributed by atoms with Crippen molar-refractivity contribution in [3.63, 3.8) is 0 Å². The van der Waals surface area contributed by atoms with Gasteiger partial charge in [-0.05, 0) is 36.8 Å². The van der Waals surface area contributed by atoms with Crippen LogP contribution in [0.2, 0.25) is 10.0 Å². The van der Waals surface area contributed by atoms with E-state index >= 15 is 0 Å². The number of aryl methyl sites for hydroxylation is 1. The van der Waals surface area contributed by atoms with Gasteiger partial charge < -0.3 is 10.4 Å². The first-order valence-corrected chi connectivity index (χ1v) is 7.68. The van der Waals surface area contributed by atoms with Crippen LogP contribution in [-0.2, 0) is 0 Å². The number of phenols is 1. The Morgan fingerprint density at radius 2 is 2.00 bits per heavy atom. The quantitative estimate of drug-likeness (QED) is 0.741. The summed E-state index contributed by atoms with van der Waals surface area (Å²) < 4.78 is 1.37. The standard InChI is InChI=1S/C16H12Cl2N4O2/c1-9-2-3-10(17)6-13(9)19-16(24)14-8-22(21-20-14)11-4-5-12(18)15(23)7-11/h2-8,23H,1H3,(H,19,24). The molecule has 0 spiro atoms. The van der Waals surface area contributed by atoms with E-state index in [1.807, 2.05) is 13.0 Å². The predicted octanol–water partition coefficient (Wildman–Crippen LogP) is 3.84. The number of aromatic hydroxyl groups is 1. The van der Waals surface area contributed by atoms with Gasteiger partial charge >= 0.3 is 0 Å². The Hall–Kier alpha value is -2.57. The number of phenolic OH excluding ortho intramolecular Hbond substituents is 1. The van der Waals surface area contributed by atoms with Crippen molar-refractivity contribution in [2.24, 2.45) is 0 Å². The van der Waals surface area contributed by atoms with E-state index in [1.54, 1.807) is 18.2 Å². The molecule has 0 saturated carbocycles. The van der Waals surface area contributed by atoms with Crippen LogP contribution in [0.4, 0.5) is 5.69 Å². The average Bonchev–Trinajstić information content (AvgIpc) is 3.03. The monoisotopic (exact) mass is 362 g/mol. The summed E-state index contributed by atoms with van der Waals surface area (Å²) in [6.07, 6.45) is 1.46. The molecule has 1 amide bonds. The van der Waals surface area contributed by atoms with E-state index in [9.17, 15) is 9.90 Å². The maximum atomic E-state index is 12.3. The minimum Gasteiger partial charge on any atom is -0.506 e. The highest BCUT2D eigenvalue weighted by molar-refractivity contribution is 6.32. The molecule has 122 valence electrons. The fourth-order valence-electron chi connectivity index (χ4n) is 2.05. The second-order valence-electron chi connectivity index (χ2n) is 5.10. The number of anilines is 1. The normalized spacial score (nSPS) is 10.6. The van der Waals surface area contributed by atoms with Crippen LogP contribution in [0.5, 0.6) is 5.75 Å². The summed E-state index contributed by atoms with van der Waals surface area (Å²) in [5.74, 6) is -0.491. The number of carbonyl (C=O) groups excluding carboxylic acids is 1. The molecule has 0 aliphatic rings. The summed E-state index contributed by atoms with van der Waals surface area (Å²) >= 11 is 11.7. The molecule has 0 fully saturated rings. The molecule has 24 heavy (non-hydrogen) atoms. The molecular weight excluding hydrogens is 351 g/mol. The van der Waals surface area contributed by atoms with Crippen molar-refractivity contribution in [1.29, 1.82) is 0 Å². The molecule has 1 heterocycles. The number of carbonyl (C=O) groups is 1. The molecular formula is C16H12Cl2N4O2. The molecule has 0 bridgehead atoms. The Bertz CT molecular complexity index is 924. The predicted molar refractivity (Wildman–Crippen MR) is 92.2 cm³/mol. The third-order valence-electron chi connectivity index (χ3n) is 3.37. The SMILES string of the molecule is Cc1ccc(Cl)cc1NC(=O)c1cn(-c2ccc(Cl)c(O)c2)nn1. The molecule has 1 aromatic heterocycles. The molecule has 0 saturated heterocycles. The number of rotatable bonds is 3. The molecule has 0 radical (unpaired) electrons. The summed E-state index contributed by atoms with van der Waals surface area (Å²) in [6, 6.07) is 9.83. The first-order valence-electron chi connectivity index (χ1n) is 6.93. The Morgan fingerprint density at radius 3 is 2.75 bits per heavy atom. The van der Waals surface area contributed by atoms with Gasteiger partial charge in [-0.2, -0.15) is 0 Å². The number of nitrogens with one attached hydrogen (secondary N) is 1. The minimum absolute atomic E-state index is 0.0785. The highest BCUT2D eigenvalue weighted by Gasteiger charge is 2.13. The lowest BCUT2D eigenvalue weighted by Gasteiger charge is -2.07. The van der Waals surface area contributed by atoms with Gasteiger partial charge in [-0.25, -0.2) is 4.68 Å². The molecule has 2 aromatic carbocycles. The van der Waals surface area contributed by atoms with Crippen molar-refractivity contribution in [1.82, 2.24) is 15.0 Å². The molecule has 2 N–H and O–H groups in total. The van der Waals surface area contributed by atoms with Gasteiger partial charge in [-0.1, -0.05) is 34.5 Å². The van der Waals surface area contributed by atoms with E-state index in [0.717, 1.165) is 5.56 Å². The molecule has 3 rings (SSSR count). The van der Waals surface area contributed by atoms with Crippen LogP contribution in [0, 0.1) is 6.92 Å². The number of hydrogen-bond donors (Lipinski definition) is 2.